The summed E-state index contributed by atoms with van der Waals surface area (Å²) in [7, 11) is 0. The van der Waals surface area contributed by atoms with E-state index in [1.807, 2.05) is 70.1 Å². The molecule has 0 spiro atoms. The van der Waals surface area contributed by atoms with Gasteiger partial charge in [-0.1, -0.05) is 41.9 Å². The minimum absolute atomic E-state index is 0.00713. The van der Waals surface area contributed by atoms with Gasteiger partial charge in [-0.05, 0) is 84.8 Å². The van der Waals surface area contributed by atoms with E-state index in [1.165, 1.54) is 6.07 Å². The molecule has 13 heteroatoms. The van der Waals surface area contributed by atoms with Crippen LogP contribution in [0.3, 0.4) is 0 Å². The highest BCUT2D eigenvalue weighted by Crippen LogP contribution is 2.39. The molecule has 4 heterocycles. The molecule has 3 aromatic carbocycles. The van der Waals surface area contributed by atoms with E-state index in [4.69, 9.17) is 22.3 Å². The summed E-state index contributed by atoms with van der Waals surface area (Å²) in [6.07, 6.45) is 0.727. The molecule has 9 nitrogen and oxygen atoms in total. The second kappa shape index (κ2) is 14.3. The number of anilines is 2. The van der Waals surface area contributed by atoms with Gasteiger partial charge in [0.25, 0.3) is 0 Å². The van der Waals surface area contributed by atoms with E-state index in [0.29, 0.717) is 55.9 Å². The third-order valence-electron chi connectivity index (χ3n) is 9.94. The number of urea groups is 1. The minimum Gasteiger partial charge on any atom is -0.397 e. The number of likely N-dealkylation sites (tertiary alicyclic amines) is 1. The molecular weight excluding hydrogens is 679 g/mol. The summed E-state index contributed by atoms with van der Waals surface area (Å²) >= 11 is 6.25. The number of pyridine rings is 1. The Morgan fingerprint density at radius 2 is 1.71 bits per heavy atom. The lowest BCUT2D eigenvalue weighted by Gasteiger charge is -2.38. The number of nitrogens with two attached hydrogens (primary N) is 1. The van der Waals surface area contributed by atoms with Crippen molar-refractivity contribution in [2.75, 3.05) is 30.7 Å². The molecule has 1 unspecified atom stereocenters. The van der Waals surface area contributed by atoms with Gasteiger partial charge in [0.1, 0.15) is 5.82 Å². The second-order valence-electron chi connectivity index (χ2n) is 13.2. The number of imidazole rings is 1. The molecule has 2 aromatic heterocycles. The van der Waals surface area contributed by atoms with Crippen LogP contribution in [-0.4, -0.2) is 61.9 Å². The molecule has 1 fully saturated rings. The highest BCUT2D eigenvalue weighted by atomic mass is 35.5. The maximum absolute atomic E-state index is 14.1. The number of nitrogens with zero attached hydrogens (tertiary/aromatic N) is 5. The van der Waals surface area contributed by atoms with E-state index < -0.39 is 23.3 Å². The monoisotopic (exact) mass is 715 g/mol. The molecule has 0 radical (unpaired) electrons. The summed E-state index contributed by atoms with van der Waals surface area (Å²) in [4.78, 5) is 40.0. The first kappa shape index (κ1) is 34.4. The normalized spacial score (nSPS) is 16.1. The number of halogens is 4. The average molecular weight is 716 g/mol. The van der Waals surface area contributed by atoms with Crippen LogP contribution in [-0.2, 0) is 30.4 Å². The van der Waals surface area contributed by atoms with E-state index in [1.54, 1.807) is 17.3 Å². The number of carbonyl (C=O) groups excluding carboxylic acids is 2. The van der Waals surface area contributed by atoms with Gasteiger partial charge in [-0.2, -0.15) is 13.2 Å². The van der Waals surface area contributed by atoms with Crippen molar-refractivity contribution in [1.82, 2.24) is 24.3 Å². The molecule has 0 bridgehead atoms. The first-order valence-corrected chi connectivity index (χ1v) is 17.4. The topological polar surface area (TPSA) is 109 Å². The van der Waals surface area contributed by atoms with Crippen molar-refractivity contribution < 1.29 is 22.8 Å². The molecule has 0 saturated carbocycles. The largest absolute Gasteiger partial charge is 0.418 e. The van der Waals surface area contributed by atoms with Gasteiger partial charge >= 0.3 is 12.2 Å². The van der Waals surface area contributed by atoms with Gasteiger partial charge in [0.2, 0.25) is 5.91 Å². The predicted octanol–water partition coefficient (Wildman–Crippen LogP) is 7.53. The molecule has 0 aliphatic carbocycles. The smallest absolute Gasteiger partial charge is 0.397 e. The molecule has 51 heavy (non-hydrogen) atoms. The van der Waals surface area contributed by atoms with Crippen LogP contribution in [0.25, 0.3) is 11.0 Å². The fourth-order valence-corrected chi connectivity index (χ4v) is 7.56. The number of alkyl halides is 3. The summed E-state index contributed by atoms with van der Waals surface area (Å²) in [6, 6.07) is 21.5. The Morgan fingerprint density at radius 3 is 2.47 bits per heavy atom. The zero-order chi connectivity index (χ0) is 35.7. The zero-order valence-electron chi connectivity index (χ0n) is 27.7. The number of piperidine rings is 1. The van der Waals surface area contributed by atoms with Crippen LogP contribution >= 0.6 is 11.6 Å². The molecule has 7 rings (SSSR count). The van der Waals surface area contributed by atoms with Crippen molar-refractivity contribution in [3.8, 4) is 0 Å². The second-order valence-corrected chi connectivity index (χ2v) is 13.6. The number of rotatable bonds is 8. The van der Waals surface area contributed by atoms with Gasteiger partial charge in [0.15, 0.2) is 0 Å². The van der Waals surface area contributed by atoms with Crippen molar-refractivity contribution >= 4 is 45.9 Å². The Bertz CT molecular complexity index is 2060. The van der Waals surface area contributed by atoms with Crippen LogP contribution in [0.2, 0.25) is 5.02 Å². The fraction of sp³-hybridized carbons (Fsp3) is 0.316. The van der Waals surface area contributed by atoms with Crippen LogP contribution in [0.5, 0.6) is 0 Å². The van der Waals surface area contributed by atoms with Gasteiger partial charge in [-0.15, -0.1) is 0 Å². The number of hydrogen-bond acceptors (Lipinski definition) is 5. The number of para-hydroxylation sites is 3. The first-order valence-electron chi connectivity index (χ1n) is 17.0. The summed E-state index contributed by atoms with van der Waals surface area (Å²) < 4.78 is 44.0. The lowest BCUT2D eigenvalue weighted by atomic mass is 9.92. The molecule has 5 aromatic rings. The number of hydrogen-bond donors (Lipinski definition) is 2. The van der Waals surface area contributed by atoms with Gasteiger partial charge in [-0.25, -0.2) is 9.78 Å². The minimum atomic E-state index is -4.71. The van der Waals surface area contributed by atoms with Gasteiger partial charge < -0.3 is 25.4 Å². The van der Waals surface area contributed by atoms with Gasteiger partial charge in [-0.3, -0.25) is 9.78 Å². The lowest BCUT2D eigenvalue weighted by molar-refractivity contribution is -0.137. The number of carbonyl (C=O) groups is 2. The molecule has 1 atom stereocenters. The number of nitrogens with one attached hydrogen (secondary N) is 1. The number of amides is 3. The number of fused-ring (bicyclic) bond motifs is 2. The average Bonchev–Trinajstić information content (AvgIpc) is 3.38. The van der Waals surface area contributed by atoms with Crippen LogP contribution in [0.1, 0.15) is 53.3 Å². The van der Waals surface area contributed by atoms with Crippen molar-refractivity contribution in [2.45, 2.75) is 56.8 Å². The molecule has 3 amide bonds. The maximum atomic E-state index is 14.1. The van der Waals surface area contributed by atoms with Crippen LogP contribution in [0.4, 0.5) is 29.3 Å². The van der Waals surface area contributed by atoms with E-state index >= 15 is 0 Å². The Balaban J connectivity index is 1.16. The first-order chi connectivity index (χ1) is 24.5. The van der Waals surface area contributed by atoms with E-state index in [2.05, 4.69) is 10.3 Å². The van der Waals surface area contributed by atoms with E-state index in [0.717, 1.165) is 34.8 Å². The van der Waals surface area contributed by atoms with Crippen molar-refractivity contribution in [1.29, 1.82) is 0 Å². The standard InChI is InChI=1S/C38H37ClF3N7O2/c39-30-21-25(20-29(35(30)43)38(40,41)42)19-27(36-45-32-7-3-4-8-33(32)49(36)23-24-9-14-44-15-10-24)22-34(50)47-16-12-28(13-17-47)48-18-11-26-5-1-2-6-31(26)46-37(48)51/h1-10,14-15,20-21,27-28H,11-13,16-19,22-23,43H2,(H,46,51). The molecule has 2 aliphatic heterocycles. The van der Waals surface area contributed by atoms with E-state index in [-0.39, 0.29) is 35.8 Å². The van der Waals surface area contributed by atoms with Crippen molar-refractivity contribution in [3.05, 3.63) is 118 Å². The van der Waals surface area contributed by atoms with Crippen LogP contribution < -0.4 is 11.1 Å². The zero-order valence-corrected chi connectivity index (χ0v) is 28.5. The number of nitrogen functional groups attached to an aromatic ring is 1. The highest BCUT2D eigenvalue weighted by Gasteiger charge is 2.36. The van der Waals surface area contributed by atoms with E-state index in [9.17, 15) is 22.8 Å². The lowest BCUT2D eigenvalue weighted by Crippen LogP contribution is -2.50. The van der Waals surface area contributed by atoms with Crippen LogP contribution in [0, 0.1) is 0 Å². The molecule has 1 saturated heterocycles. The number of aromatic nitrogens is 3. The number of benzene rings is 3. The molecule has 2 aliphatic rings. The quantitative estimate of drug-likeness (QED) is 0.162. The summed E-state index contributed by atoms with van der Waals surface area (Å²) in [6.45, 7) is 1.91. The summed E-state index contributed by atoms with van der Waals surface area (Å²) in [5.74, 6) is -0.148. The Labute approximate surface area is 298 Å². The summed E-state index contributed by atoms with van der Waals surface area (Å²) in [5.41, 5.74) is 8.94. The highest BCUT2D eigenvalue weighted by molar-refractivity contribution is 6.33. The van der Waals surface area contributed by atoms with Gasteiger partial charge in [0, 0.05) is 62.6 Å². The Kier molecular flexibility index (Phi) is 9.61. The SMILES string of the molecule is Nc1c(Cl)cc(CC(CC(=O)N2CCC(N3CCc4ccccc4NC3=O)CC2)c2nc3ccccc3n2Cc2ccncc2)cc1C(F)(F)F. The summed E-state index contributed by atoms with van der Waals surface area (Å²) in [5, 5.41) is 2.83. The molecular formula is C38H37ClF3N7O2. The third kappa shape index (κ3) is 7.37. The van der Waals surface area contributed by atoms with Crippen molar-refractivity contribution in [3.63, 3.8) is 0 Å². The van der Waals surface area contributed by atoms with Gasteiger partial charge in [0.05, 0.1) is 27.3 Å². The molecule has 3 N–H and O–H groups in total. The Morgan fingerprint density at radius 1 is 0.980 bits per heavy atom. The van der Waals surface area contributed by atoms with Crippen molar-refractivity contribution in [2.24, 2.45) is 0 Å². The van der Waals surface area contributed by atoms with Crippen LogP contribution in [0.15, 0.2) is 85.2 Å². The molecule has 264 valence electrons. The maximum Gasteiger partial charge on any atom is 0.418 e. The third-order valence-corrected chi connectivity index (χ3v) is 10.2. The fourth-order valence-electron chi connectivity index (χ4n) is 7.31. The predicted molar refractivity (Wildman–Crippen MR) is 190 cm³/mol. The Hall–Kier alpha value is -5.10.